The molecule has 0 heterocycles. The molecule has 1 aliphatic rings. The van der Waals surface area contributed by atoms with Gasteiger partial charge in [0.2, 0.25) is 0 Å². The third-order valence-electron chi connectivity index (χ3n) is 3.35. The zero-order valence-electron chi connectivity index (χ0n) is 9.28. The minimum absolute atomic E-state index is 0.138. The molecule has 0 aromatic heterocycles. The molecule has 1 aliphatic carbocycles. The van der Waals surface area contributed by atoms with Crippen LogP contribution in [0.2, 0.25) is 0 Å². The van der Waals surface area contributed by atoms with E-state index in [4.69, 9.17) is 0 Å². The molecule has 1 saturated carbocycles. The van der Waals surface area contributed by atoms with Gasteiger partial charge in [-0.1, -0.05) is 37.6 Å². The summed E-state index contributed by atoms with van der Waals surface area (Å²) in [5.41, 5.74) is 2.75. The standard InChI is InChI=1S/C14H18O/c1-11(10-15)9-12-5-7-14(8-6-12)13-3-2-4-13/h5-8,10-11,13H,2-4,9H2,1H3/t11-/m0/s1. The summed E-state index contributed by atoms with van der Waals surface area (Å²) in [5, 5.41) is 0. The molecule has 0 radical (unpaired) electrons. The molecule has 1 atom stereocenters. The second kappa shape index (κ2) is 4.61. The maximum atomic E-state index is 10.5. The van der Waals surface area contributed by atoms with Crippen LogP contribution in [0.15, 0.2) is 24.3 Å². The second-order valence-corrected chi connectivity index (χ2v) is 4.69. The normalized spacial score (nSPS) is 18.2. The van der Waals surface area contributed by atoms with Gasteiger partial charge in [0.05, 0.1) is 0 Å². The molecule has 1 aromatic carbocycles. The van der Waals surface area contributed by atoms with E-state index >= 15 is 0 Å². The van der Waals surface area contributed by atoms with E-state index in [-0.39, 0.29) is 5.92 Å². The van der Waals surface area contributed by atoms with Gasteiger partial charge < -0.3 is 4.79 Å². The molecule has 0 bridgehead atoms. The van der Waals surface area contributed by atoms with Crippen molar-refractivity contribution in [2.45, 2.75) is 38.5 Å². The highest BCUT2D eigenvalue weighted by atomic mass is 16.1. The minimum atomic E-state index is 0.138. The first-order chi connectivity index (χ1) is 7.29. The molecule has 0 unspecified atom stereocenters. The summed E-state index contributed by atoms with van der Waals surface area (Å²) in [4.78, 5) is 10.5. The van der Waals surface area contributed by atoms with Gasteiger partial charge in [0, 0.05) is 5.92 Å². The van der Waals surface area contributed by atoms with E-state index in [2.05, 4.69) is 24.3 Å². The lowest BCUT2D eigenvalue weighted by Gasteiger charge is -2.25. The van der Waals surface area contributed by atoms with Crippen molar-refractivity contribution in [2.75, 3.05) is 0 Å². The Hall–Kier alpha value is -1.11. The van der Waals surface area contributed by atoms with Gasteiger partial charge in [-0.3, -0.25) is 0 Å². The van der Waals surface area contributed by atoms with Gasteiger partial charge in [-0.05, 0) is 36.3 Å². The topological polar surface area (TPSA) is 17.1 Å². The molecule has 0 amide bonds. The van der Waals surface area contributed by atoms with Crippen LogP contribution in [0.4, 0.5) is 0 Å². The quantitative estimate of drug-likeness (QED) is 0.684. The van der Waals surface area contributed by atoms with Crippen LogP contribution in [0.25, 0.3) is 0 Å². The Labute approximate surface area is 91.5 Å². The molecule has 1 aromatic rings. The number of rotatable bonds is 4. The summed E-state index contributed by atoms with van der Waals surface area (Å²) < 4.78 is 0. The van der Waals surface area contributed by atoms with Gasteiger partial charge >= 0.3 is 0 Å². The SMILES string of the molecule is C[C@H](C=O)Cc1ccc(C2CCC2)cc1. The van der Waals surface area contributed by atoms with Gasteiger partial charge in [0.15, 0.2) is 0 Å². The van der Waals surface area contributed by atoms with Gasteiger partial charge in [-0.2, -0.15) is 0 Å². The number of aldehydes is 1. The monoisotopic (exact) mass is 202 g/mol. The van der Waals surface area contributed by atoms with Crippen molar-refractivity contribution in [2.24, 2.45) is 5.92 Å². The molecule has 0 aliphatic heterocycles. The molecule has 0 N–H and O–H groups in total. The van der Waals surface area contributed by atoms with Gasteiger partial charge in [-0.25, -0.2) is 0 Å². The predicted molar refractivity (Wildman–Crippen MR) is 62.0 cm³/mol. The van der Waals surface area contributed by atoms with Gasteiger partial charge in [0.1, 0.15) is 6.29 Å². The summed E-state index contributed by atoms with van der Waals surface area (Å²) >= 11 is 0. The Bertz CT molecular complexity index is 322. The summed E-state index contributed by atoms with van der Waals surface area (Å²) in [5.74, 6) is 0.946. The van der Waals surface area contributed by atoms with E-state index in [9.17, 15) is 4.79 Å². The third kappa shape index (κ3) is 2.47. The fourth-order valence-electron chi connectivity index (χ4n) is 2.09. The Morgan fingerprint density at radius 1 is 1.33 bits per heavy atom. The van der Waals surface area contributed by atoms with E-state index in [1.807, 2.05) is 6.92 Å². The molecule has 1 nitrogen and oxygen atoms in total. The van der Waals surface area contributed by atoms with E-state index < -0.39 is 0 Å². The van der Waals surface area contributed by atoms with Crippen LogP contribution < -0.4 is 0 Å². The van der Waals surface area contributed by atoms with Crippen molar-refractivity contribution in [1.82, 2.24) is 0 Å². The molecule has 0 spiro atoms. The maximum Gasteiger partial charge on any atom is 0.123 e. The number of carbonyl (C=O) groups is 1. The zero-order valence-corrected chi connectivity index (χ0v) is 9.28. The molecular formula is C14H18O. The number of hydrogen-bond acceptors (Lipinski definition) is 1. The first-order valence-corrected chi connectivity index (χ1v) is 5.83. The Morgan fingerprint density at radius 3 is 2.47 bits per heavy atom. The van der Waals surface area contributed by atoms with Crippen molar-refractivity contribution in [3.8, 4) is 0 Å². The van der Waals surface area contributed by atoms with Crippen molar-refractivity contribution in [1.29, 1.82) is 0 Å². The lowest BCUT2D eigenvalue weighted by Crippen LogP contribution is -2.08. The summed E-state index contributed by atoms with van der Waals surface area (Å²) in [6.45, 7) is 1.97. The van der Waals surface area contributed by atoms with Gasteiger partial charge in [0.25, 0.3) is 0 Å². The molecule has 2 rings (SSSR count). The maximum absolute atomic E-state index is 10.5. The summed E-state index contributed by atoms with van der Waals surface area (Å²) in [6.07, 6.45) is 5.98. The van der Waals surface area contributed by atoms with Crippen LogP contribution in [0.5, 0.6) is 0 Å². The average Bonchev–Trinajstić information content (AvgIpc) is 2.18. The highest BCUT2D eigenvalue weighted by molar-refractivity contribution is 5.53. The molecule has 0 saturated heterocycles. The first kappa shape index (κ1) is 10.4. The van der Waals surface area contributed by atoms with Crippen LogP contribution >= 0.6 is 0 Å². The average molecular weight is 202 g/mol. The summed E-state index contributed by atoms with van der Waals surface area (Å²) in [6, 6.07) is 8.81. The zero-order chi connectivity index (χ0) is 10.7. The van der Waals surface area contributed by atoms with Crippen molar-refractivity contribution >= 4 is 6.29 Å². The fourth-order valence-corrected chi connectivity index (χ4v) is 2.09. The van der Waals surface area contributed by atoms with E-state index in [1.54, 1.807) is 0 Å². The van der Waals surface area contributed by atoms with Crippen molar-refractivity contribution in [3.63, 3.8) is 0 Å². The lowest BCUT2D eigenvalue weighted by atomic mass is 9.80. The lowest BCUT2D eigenvalue weighted by molar-refractivity contribution is -0.110. The third-order valence-corrected chi connectivity index (χ3v) is 3.35. The summed E-state index contributed by atoms with van der Waals surface area (Å²) in [7, 11) is 0. The molecule has 80 valence electrons. The number of benzene rings is 1. The second-order valence-electron chi connectivity index (χ2n) is 4.69. The fraction of sp³-hybridized carbons (Fsp3) is 0.500. The highest BCUT2D eigenvalue weighted by Gasteiger charge is 2.18. The van der Waals surface area contributed by atoms with E-state index in [0.29, 0.717) is 0 Å². The first-order valence-electron chi connectivity index (χ1n) is 5.83. The van der Waals surface area contributed by atoms with Crippen molar-refractivity contribution in [3.05, 3.63) is 35.4 Å². The van der Waals surface area contributed by atoms with Crippen molar-refractivity contribution < 1.29 is 4.79 Å². The van der Waals surface area contributed by atoms with Crippen LogP contribution in [-0.2, 0) is 11.2 Å². The number of carbonyl (C=O) groups excluding carboxylic acids is 1. The largest absolute Gasteiger partial charge is 0.303 e. The Balaban J connectivity index is 1.99. The molecule has 15 heavy (non-hydrogen) atoms. The molecule has 1 heteroatoms. The minimum Gasteiger partial charge on any atom is -0.303 e. The predicted octanol–water partition coefficient (Wildman–Crippen LogP) is 3.33. The highest BCUT2D eigenvalue weighted by Crippen LogP contribution is 2.36. The van der Waals surface area contributed by atoms with Crippen LogP contribution in [0.1, 0.15) is 43.2 Å². The van der Waals surface area contributed by atoms with E-state index in [0.717, 1.165) is 18.6 Å². The smallest absolute Gasteiger partial charge is 0.123 e. The Kier molecular flexibility index (Phi) is 3.20. The van der Waals surface area contributed by atoms with Crippen LogP contribution in [0.3, 0.4) is 0 Å². The number of hydrogen-bond donors (Lipinski definition) is 0. The van der Waals surface area contributed by atoms with Gasteiger partial charge in [-0.15, -0.1) is 0 Å². The Morgan fingerprint density at radius 2 is 2.00 bits per heavy atom. The molecule has 1 fully saturated rings. The van der Waals surface area contributed by atoms with E-state index in [1.165, 1.54) is 30.4 Å². The molecular weight excluding hydrogens is 184 g/mol. The van der Waals surface area contributed by atoms with Crippen LogP contribution in [-0.4, -0.2) is 6.29 Å². The van der Waals surface area contributed by atoms with Crippen LogP contribution in [0, 0.1) is 5.92 Å².